The van der Waals surface area contributed by atoms with Crippen molar-refractivity contribution in [2.45, 2.75) is 0 Å². The Labute approximate surface area is 305 Å². The highest BCUT2D eigenvalue weighted by molar-refractivity contribution is 6.19. The fourth-order valence-electron chi connectivity index (χ4n) is 7.05. The third-order valence-corrected chi connectivity index (χ3v) is 9.75. The van der Waals surface area contributed by atoms with E-state index in [2.05, 4.69) is 121 Å². The molecule has 0 atom stereocenters. The monoisotopic (exact) mass is 678 g/mol. The van der Waals surface area contributed by atoms with E-state index < -0.39 is 0 Å². The summed E-state index contributed by atoms with van der Waals surface area (Å²) in [5.41, 5.74) is 11.7. The first-order chi connectivity index (χ1) is 26.2. The van der Waals surface area contributed by atoms with Gasteiger partial charge in [-0.25, -0.2) is 19.9 Å². The van der Waals surface area contributed by atoms with E-state index in [1.807, 2.05) is 60.7 Å². The van der Waals surface area contributed by atoms with Crippen LogP contribution in [-0.2, 0) is 0 Å². The van der Waals surface area contributed by atoms with Gasteiger partial charge in [-0.15, -0.1) is 0 Å². The average Bonchev–Trinajstić information content (AvgIpc) is 3.64. The third-order valence-electron chi connectivity index (χ3n) is 9.75. The maximum absolute atomic E-state index is 6.59. The predicted molar refractivity (Wildman–Crippen MR) is 215 cm³/mol. The van der Waals surface area contributed by atoms with E-state index in [1.165, 1.54) is 5.56 Å². The molecule has 53 heavy (non-hydrogen) atoms. The summed E-state index contributed by atoms with van der Waals surface area (Å²) >= 11 is 0. The lowest BCUT2D eigenvalue weighted by molar-refractivity contribution is 0.672. The van der Waals surface area contributed by atoms with Crippen LogP contribution in [0.1, 0.15) is 0 Å². The molecular formula is C48H30N4O. The van der Waals surface area contributed by atoms with E-state index in [0.717, 1.165) is 77.5 Å². The number of fused-ring (bicyclic) bond motifs is 5. The molecule has 0 aliphatic carbocycles. The molecule has 5 heteroatoms. The zero-order valence-electron chi connectivity index (χ0n) is 28.5. The lowest BCUT2D eigenvalue weighted by Crippen LogP contribution is -2.00. The molecule has 0 aliphatic heterocycles. The fourth-order valence-corrected chi connectivity index (χ4v) is 7.05. The minimum atomic E-state index is 0.603. The number of aromatic nitrogens is 4. The van der Waals surface area contributed by atoms with Crippen LogP contribution in [0.25, 0.3) is 101 Å². The number of hydrogen-bond acceptors (Lipinski definition) is 5. The number of para-hydroxylation sites is 1. The van der Waals surface area contributed by atoms with Gasteiger partial charge in [0.1, 0.15) is 11.2 Å². The fraction of sp³-hybridized carbons (Fsp3) is 0. The van der Waals surface area contributed by atoms with Crippen LogP contribution in [0.4, 0.5) is 0 Å². The number of rotatable bonds is 6. The second-order valence-electron chi connectivity index (χ2n) is 13.1. The van der Waals surface area contributed by atoms with Crippen molar-refractivity contribution in [3.63, 3.8) is 0 Å². The maximum atomic E-state index is 6.59. The maximum Gasteiger partial charge on any atom is 0.164 e. The molecule has 5 nitrogen and oxygen atoms in total. The van der Waals surface area contributed by atoms with Gasteiger partial charge in [-0.05, 0) is 40.5 Å². The Morgan fingerprint density at radius 3 is 1.36 bits per heavy atom. The minimum Gasteiger partial charge on any atom is -0.455 e. The molecular weight excluding hydrogens is 649 g/mol. The smallest absolute Gasteiger partial charge is 0.164 e. The zero-order chi connectivity index (χ0) is 35.1. The van der Waals surface area contributed by atoms with E-state index in [0.29, 0.717) is 17.5 Å². The van der Waals surface area contributed by atoms with Crippen LogP contribution in [0.5, 0.6) is 0 Å². The second kappa shape index (κ2) is 12.8. The number of hydrogen-bond donors (Lipinski definition) is 0. The van der Waals surface area contributed by atoms with Gasteiger partial charge in [0.25, 0.3) is 0 Å². The highest BCUT2D eigenvalue weighted by Crippen LogP contribution is 2.41. The lowest BCUT2D eigenvalue weighted by atomic mass is 9.99. The number of furan rings is 1. The van der Waals surface area contributed by atoms with E-state index >= 15 is 0 Å². The molecule has 0 unspecified atom stereocenters. The van der Waals surface area contributed by atoms with Crippen LogP contribution in [0.2, 0.25) is 0 Å². The highest BCUT2D eigenvalue weighted by Gasteiger charge is 2.19. The Morgan fingerprint density at radius 2 is 0.755 bits per heavy atom. The van der Waals surface area contributed by atoms with Crippen LogP contribution >= 0.6 is 0 Å². The summed E-state index contributed by atoms with van der Waals surface area (Å²) in [5, 5.41) is 3.02. The Hall–Kier alpha value is -7.24. The van der Waals surface area contributed by atoms with E-state index in [1.54, 1.807) is 0 Å². The largest absolute Gasteiger partial charge is 0.455 e. The van der Waals surface area contributed by atoms with Gasteiger partial charge in [0.2, 0.25) is 0 Å². The van der Waals surface area contributed by atoms with E-state index in [-0.39, 0.29) is 0 Å². The predicted octanol–water partition coefficient (Wildman–Crippen LogP) is 12.3. The van der Waals surface area contributed by atoms with Gasteiger partial charge in [-0.3, -0.25) is 0 Å². The van der Waals surface area contributed by atoms with Crippen molar-refractivity contribution in [2.24, 2.45) is 0 Å². The van der Waals surface area contributed by atoms with Crippen molar-refractivity contribution in [3.8, 4) is 67.7 Å². The summed E-state index contributed by atoms with van der Waals surface area (Å²) in [6, 6.07) is 62.1. The van der Waals surface area contributed by atoms with Gasteiger partial charge in [-0.2, -0.15) is 0 Å². The first-order valence-corrected chi connectivity index (χ1v) is 17.6. The van der Waals surface area contributed by atoms with Crippen LogP contribution in [-0.4, -0.2) is 19.9 Å². The Morgan fingerprint density at radius 1 is 0.321 bits per heavy atom. The molecule has 0 saturated heterocycles. The zero-order valence-corrected chi connectivity index (χ0v) is 28.5. The van der Waals surface area contributed by atoms with Crippen LogP contribution in [0.15, 0.2) is 186 Å². The molecule has 0 spiro atoms. The molecule has 0 aliphatic rings. The van der Waals surface area contributed by atoms with Crippen molar-refractivity contribution >= 4 is 32.8 Å². The SMILES string of the molecule is c1ccc(-c2ccc(-c3nc(-c4ccccc4)nc(-c4ccc(-c5nc6ccc(-c7ccccc7)cc6c6oc7ccccc7c56)cc4)n3)cc2)cc1. The molecule has 3 heterocycles. The second-order valence-corrected chi connectivity index (χ2v) is 13.1. The van der Waals surface area contributed by atoms with Crippen molar-refractivity contribution in [1.29, 1.82) is 0 Å². The summed E-state index contributed by atoms with van der Waals surface area (Å²) in [4.78, 5) is 20.2. The highest BCUT2D eigenvalue weighted by atomic mass is 16.3. The molecule has 0 bridgehead atoms. The first-order valence-electron chi connectivity index (χ1n) is 17.6. The standard InChI is InChI=1S/C48H30N4O/c1-4-12-31(13-5-1)33-20-24-36(25-21-33)47-50-46(35-16-8-3-9-17-35)51-48(52-47)37-26-22-34(23-27-37)44-43-39-18-10-11-19-42(39)53-45(43)40-30-38(28-29-41(40)49-44)32-14-6-2-7-15-32/h1-30H. The first kappa shape index (κ1) is 30.6. The number of nitrogens with zero attached hydrogens (tertiary/aromatic N) is 4. The molecule has 10 rings (SSSR count). The molecule has 248 valence electrons. The van der Waals surface area contributed by atoms with E-state index in [9.17, 15) is 0 Å². The van der Waals surface area contributed by atoms with Gasteiger partial charge in [0, 0.05) is 33.0 Å². The number of pyridine rings is 1. The van der Waals surface area contributed by atoms with Crippen molar-refractivity contribution < 1.29 is 4.42 Å². The molecule has 10 aromatic rings. The van der Waals surface area contributed by atoms with Crippen molar-refractivity contribution in [3.05, 3.63) is 182 Å². The summed E-state index contributed by atoms with van der Waals surface area (Å²) in [5.74, 6) is 1.85. The van der Waals surface area contributed by atoms with Gasteiger partial charge in [-0.1, -0.05) is 164 Å². The van der Waals surface area contributed by atoms with Crippen LogP contribution in [0.3, 0.4) is 0 Å². The van der Waals surface area contributed by atoms with Gasteiger partial charge in [0.05, 0.1) is 16.6 Å². The van der Waals surface area contributed by atoms with E-state index in [4.69, 9.17) is 24.4 Å². The van der Waals surface area contributed by atoms with Gasteiger partial charge in [0.15, 0.2) is 17.5 Å². The topological polar surface area (TPSA) is 64.7 Å². The van der Waals surface area contributed by atoms with Crippen LogP contribution < -0.4 is 0 Å². The molecule has 7 aromatic carbocycles. The quantitative estimate of drug-likeness (QED) is 0.175. The summed E-state index contributed by atoms with van der Waals surface area (Å²) in [6.07, 6.45) is 0. The lowest BCUT2D eigenvalue weighted by Gasteiger charge is -2.11. The summed E-state index contributed by atoms with van der Waals surface area (Å²) < 4.78 is 6.59. The Balaban J connectivity index is 1.08. The third kappa shape index (κ3) is 5.61. The normalized spacial score (nSPS) is 11.4. The summed E-state index contributed by atoms with van der Waals surface area (Å²) in [7, 11) is 0. The van der Waals surface area contributed by atoms with Gasteiger partial charge < -0.3 is 4.42 Å². The molecule has 0 amide bonds. The minimum absolute atomic E-state index is 0.603. The molecule has 0 fully saturated rings. The Bertz CT molecular complexity index is 2900. The molecule has 3 aromatic heterocycles. The molecule has 0 radical (unpaired) electrons. The van der Waals surface area contributed by atoms with Crippen molar-refractivity contribution in [2.75, 3.05) is 0 Å². The molecule has 0 N–H and O–H groups in total. The van der Waals surface area contributed by atoms with Crippen LogP contribution in [0, 0.1) is 0 Å². The average molecular weight is 679 g/mol. The molecule has 0 saturated carbocycles. The van der Waals surface area contributed by atoms with Gasteiger partial charge >= 0.3 is 0 Å². The summed E-state index contributed by atoms with van der Waals surface area (Å²) in [6.45, 7) is 0. The van der Waals surface area contributed by atoms with Crippen molar-refractivity contribution in [1.82, 2.24) is 19.9 Å². The Kier molecular flexibility index (Phi) is 7.40. The number of benzene rings is 7.